The lowest BCUT2D eigenvalue weighted by Gasteiger charge is -2.19. The van der Waals surface area contributed by atoms with Crippen molar-refractivity contribution in [3.63, 3.8) is 0 Å². The molecule has 0 aromatic heterocycles. The zero-order chi connectivity index (χ0) is 17.1. The van der Waals surface area contributed by atoms with E-state index in [1.165, 1.54) is 12.8 Å². The molecule has 0 spiro atoms. The molecular formula is C19H27N3O2. The molecule has 1 N–H and O–H groups in total. The second-order valence-electron chi connectivity index (χ2n) is 7.02. The maximum Gasteiger partial charge on any atom is 0.239 e. The zero-order valence-electron chi connectivity index (χ0n) is 14.7. The number of nitrogens with zero attached hydrogens (tertiary/aromatic N) is 2. The number of amides is 2. The first-order valence-electron chi connectivity index (χ1n) is 8.94. The van der Waals surface area contributed by atoms with E-state index in [4.69, 9.17) is 0 Å². The fourth-order valence-electron chi connectivity index (χ4n) is 3.75. The highest BCUT2D eigenvalue weighted by molar-refractivity contribution is 6.09. The van der Waals surface area contributed by atoms with Gasteiger partial charge in [0.2, 0.25) is 11.8 Å². The molecule has 5 nitrogen and oxygen atoms in total. The number of benzene rings is 1. The number of hydrogen-bond acceptors (Lipinski definition) is 3. The van der Waals surface area contributed by atoms with Gasteiger partial charge in [-0.3, -0.25) is 9.59 Å². The molecule has 0 radical (unpaired) electrons. The Hall–Kier alpha value is -1.88. The van der Waals surface area contributed by atoms with Crippen molar-refractivity contribution in [3.05, 3.63) is 29.3 Å². The minimum atomic E-state index is -0.538. The number of carbonyl (C=O) groups is 2. The molecule has 2 saturated heterocycles. The fraction of sp³-hybridized carbons (Fsp3) is 0.579. The monoisotopic (exact) mass is 329 g/mol. The average Bonchev–Trinajstić information content (AvgIpc) is 3.15. The second kappa shape index (κ2) is 7.34. The van der Waals surface area contributed by atoms with Gasteiger partial charge in [0, 0.05) is 25.3 Å². The summed E-state index contributed by atoms with van der Waals surface area (Å²) in [7, 11) is 0. The normalized spacial score (nSPS) is 21.5. The summed E-state index contributed by atoms with van der Waals surface area (Å²) in [5.74, 6) is -0.728. The van der Waals surface area contributed by atoms with Crippen LogP contribution in [0, 0.1) is 19.8 Å². The van der Waals surface area contributed by atoms with Crippen molar-refractivity contribution in [2.45, 2.75) is 33.1 Å². The fourth-order valence-corrected chi connectivity index (χ4v) is 3.75. The molecule has 3 rings (SSSR count). The Balaban J connectivity index is 1.55. The number of aryl methyl sites for hydroxylation is 2. The van der Waals surface area contributed by atoms with E-state index in [1.54, 1.807) is 4.90 Å². The molecule has 0 saturated carbocycles. The summed E-state index contributed by atoms with van der Waals surface area (Å²) in [5, 5.41) is 2.95. The quantitative estimate of drug-likeness (QED) is 0.839. The van der Waals surface area contributed by atoms with Gasteiger partial charge in [-0.05, 0) is 69.5 Å². The number of hydrogen-bond donors (Lipinski definition) is 1. The Morgan fingerprint density at radius 3 is 2.46 bits per heavy atom. The maximum absolute atomic E-state index is 12.6. The minimum Gasteiger partial charge on any atom is -0.354 e. The van der Waals surface area contributed by atoms with Crippen LogP contribution in [0.1, 0.15) is 30.4 Å². The lowest BCUT2D eigenvalue weighted by atomic mass is 10.1. The van der Waals surface area contributed by atoms with Crippen LogP contribution in [-0.2, 0) is 9.59 Å². The van der Waals surface area contributed by atoms with Crippen LogP contribution in [0.15, 0.2) is 18.2 Å². The van der Waals surface area contributed by atoms with Crippen molar-refractivity contribution in [3.8, 4) is 0 Å². The van der Waals surface area contributed by atoms with Crippen LogP contribution in [0.3, 0.4) is 0 Å². The van der Waals surface area contributed by atoms with Gasteiger partial charge in [0.05, 0.1) is 0 Å². The van der Waals surface area contributed by atoms with Crippen LogP contribution in [0.5, 0.6) is 0 Å². The lowest BCUT2D eigenvalue weighted by molar-refractivity contribution is -0.132. The van der Waals surface area contributed by atoms with E-state index in [-0.39, 0.29) is 11.8 Å². The van der Waals surface area contributed by atoms with Gasteiger partial charge in [-0.15, -0.1) is 0 Å². The lowest BCUT2D eigenvalue weighted by Crippen LogP contribution is -2.40. The highest BCUT2D eigenvalue weighted by Gasteiger charge is 2.37. The maximum atomic E-state index is 12.6. The van der Waals surface area contributed by atoms with Gasteiger partial charge in [-0.2, -0.15) is 0 Å². The molecule has 2 fully saturated rings. The number of rotatable bonds is 5. The van der Waals surface area contributed by atoms with E-state index in [0.717, 1.165) is 36.4 Å². The standard InChI is InChI=1S/C19H27N3O2/c1-14-11-15(2)13-16(12-14)22-9-5-17(19(22)24)18(23)20-6-10-21-7-3-4-8-21/h11-13,17H,3-10H2,1-2H3,(H,20,23). The predicted molar refractivity (Wildman–Crippen MR) is 95.1 cm³/mol. The molecule has 1 unspecified atom stereocenters. The van der Waals surface area contributed by atoms with Crippen molar-refractivity contribution >= 4 is 17.5 Å². The smallest absolute Gasteiger partial charge is 0.239 e. The first-order valence-corrected chi connectivity index (χ1v) is 8.94. The van der Waals surface area contributed by atoms with Gasteiger partial charge in [0.1, 0.15) is 5.92 Å². The summed E-state index contributed by atoms with van der Waals surface area (Å²) in [4.78, 5) is 29.1. The molecule has 2 aliphatic rings. The molecule has 1 aromatic rings. The van der Waals surface area contributed by atoms with Crippen LogP contribution in [-0.4, -0.2) is 49.4 Å². The Bertz CT molecular complexity index is 603. The topological polar surface area (TPSA) is 52.7 Å². The van der Waals surface area contributed by atoms with E-state index in [9.17, 15) is 9.59 Å². The van der Waals surface area contributed by atoms with Gasteiger partial charge in [0.25, 0.3) is 0 Å². The van der Waals surface area contributed by atoms with Crippen LogP contribution >= 0.6 is 0 Å². The van der Waals surface area contributed by atoms with Crippen LogP contribution in [0.2, 0.25) is 0 Å². The number of carbonyl (C=O) groups excluding carboxylic acids is 2. The molecule has 1 atom stereocenters. The molecule has 1 aromatic carbocycles. The SMILES string of the molecule is Cc1cc(C)cc(N2CCC(C(=O)NCCN3CCCC3)C2=O)c1. The Kier molecular flexibility index (Phi) is 5.19. The largest absolute Gasteiger partial charge is 0.354 e. The highest BCUT2D eigenvalue weighted by Crippen LogP contribution is 2.27. The third kappa shape index (κ3) is 3.78. The molecule has 5 heteroatoms. The van der Waals surface area contributed by atoms with Gasteiger partial charge >= 0.3 is 0 Å². The Morgan fingerprint density at radius 1 is 1.12 bits per heavy atom. The molecule has 2 aliphatic heterocycles. The highest BCUT2D eigenvalue weighted by atomic mass is 16.2. The van der Waals surface area contributed by atoms with E-state index >= 15 is 0 Å². The summed E-state index contributed by atoms with van der Waals surface area (Å²) in [6.45, 7) is 8.43. The third-order valence-electron chi connectivity index (χ3n) is 4.97. The number of anilines is 1. The van der Waals surface area contributed by atoms with Gasteiger partial charge in [-0.1, -0.05) is 6.07 Å². The van der Waals surface area contributed by atoms with Gasteiger partial charge < -0.3 is 15.1 Å². The second-order valence-corrected chi connectivity index (χ2v) is 7.02. The molecule has 2 amide bonds. The van der Waals surface area contributed by atoms with Crippen molar-refractivity contribution in [1.82, 2.24) is 10.2 Å². The van der Waals surface area contributed by atoms with E-state index in [0.29, 0.717) is 19.5 Å². The van der Waals surface area contributed by atoms with E-state index in [1.807, 2.05) is 26.0 Å². The molecule has 0 aliphatic carbocycles. The van der Waals surface area contributed by atoms with E-state index < -0.39 is 5.92 Å². The first-order chi connectivity index (χ1) is 11.5. The van der Waals surface area contributed by atoms with E-state index in [2.05, 4.69) is 16.3 Å². The summed E-state index contributed by atoms with van der Waals surface area (Å²) >= 11 is 0. The van der Waals surface area contributed by atoms with Crippen molar-refractivity contribution in [2.24, 2.45) is 5.92 Å². The van der Waals surface area contributed by atoms with Gasteiger partial charge in [0.15, 0.2) is 0 Å². The number of nitrogens with one attached hydrogen (secondary N) is 1. The first kappa shape index (κ1) is 17.0. The molecule has 24 heavy (non-hydrogen) atoms. The summed E-state index contributed by atoms with van der Waals surface area (Å²) in [5.41, 5.74) is 3.18. The van der Waals surface area contributed by atoms with Crippen molar-refractivity contribution in [2.75, 3.05) is 37.6 Å². The predicted octanol–water partition coefficient (Wildman–Crippen LogP) is 1.87. The minimum absolute atomic E-state index is 0.0707. The Morgan fingerprint density at radius 2 is 1.79 bits per heavy atom. The summed E-state index contributed by atoms with van der Waals surface area (Å²) in [6, 6.07) is 6.11. The molecular weight excluding hydrogens is 302 g/mol. The summed E-state index contributed by atoms with van der Waals surface area (Å²) in [6.07, 6.45) is 3.10. The van der Waals surface area contributed by atoms with Crippen LogP contribution < -0.4 is 10.2 Å². The van der Waals surface area contributed by atoms with Crippen LogP contribution in [0.25, 0.3) is 0 Å². The molecule has 2 heterocycles. The third-order valence-corrected chi connectivity index (χ3v) is 4.97. The number of likely N-dealkylation sites (tertiary alicyclic amines) is 1. The van der Waals surface area contributed by atoms with Crippen molar-refractivity contribution < 1.29 is 9.59 Å². The van der Waals surface area contributed by atoms with Gasteiger partial charge in [-0.25, -0.2) is 0 Å². The summed E-state index contributed by atoms with van der Waals surface area (Å²) < 4.78 is 0. The molecule has 130 valence electrons. The van der Waals surface area contributed by atoms with Crippen molar-refractivity contribution in [1.29, 1.82) is 0 Å². The zero-order valence-corrected chi connectivity index (χ0v) is 14.7. The molecule has 0 bridgehead atoms. The Labute approximate surface area is 144 Å². The van der Waals surface area contributed by atoms with Crippen LogP contribution in [0.4, 0.5) is 5.69 Å². The average molecular weight is 329 g/mol.